The number of hydrogen-bond donors (Lipinski definition) is 3. The quantitative estimate of drug-likeness (QED) is 0.691. The third-order valence-corrected chi connectivity index (χ3v) is 6.46. The molecule has 0 aromatic carbocycles. The van der Waals surface area contributed by atoms with Crippen LogP contribution in [0.5, 0.6) is 0 Å². The highest BCUT2D eigenvalue weighted by Crippen LogP contribution is 2.28. The van der Waals surface area contributed by atoms with Gasteiger partial charge in [-0.3, -0.25) is 14.3 Å². The third-order valence-electron chi connectivity index (χ3n) is 6.46. The number of β-amino-alcohol motifs (C(OH)–C–C–N with tert-alkyl or cyclic N) is 1. The van der Waals surface area contributed by atoms with Crippen LogP contribution in [0.1, 0.15) is 65.9 Å². The maximum Gasteiger partial charge on any atom is 0.271 e. The van der Waals surface area contributed by atoms with Gasteiger partial charge in [-0.25, -0.2) is 0 Å². The summed E-state index contributed by atoms with van der Waals surface area (Å²) in [7, 11) is 0. The van der Waals surface area contributed by atoms with E-state index in [1.165, 1.54) is 62.4 Å². The molecule has 28 heavy (non-hydrogen) atoms. The van der Waals surface area contributed by atoms with Crippen molar-refractivity contribution in [2.75, 3.05) is 26.2 Å². The predicted octanol–water partition coefficient (Wildman–Crippen LogP) is 0.762. The summed E-state index contributed by atoms with van der Waals surface area (Å²) in [5, 5.41) is 19.6. The zero-order chi connectivity index (χ0) is 19.5. The lowest BCUT2D eigenvalue weighted by atomic mass is 9.92. The van der Waals surface area contributed by atoms with Gasteiger partial charge in [-0.1, -0.05) is 12.8 Å². The molecule has 8 nitrogen and oxygen atoms in total. The molecule has 1 saturated carbocycles. The second-order valence-corrected chi connectivity index (χ2v) is 8.42. The van der Waals surface area contributed by atoms with Crippen LogP contribution in [-0.4, -0.2) is 69.9 Å². The number of piperidine rings is 1. The van der Waals surface area contributed by atoms with Crippen molar-refractivity contribution in [3.8, 4) is 0 Å². The summed E-state index contributed by atoms with van der Waals surface area (Å²) in [5.74, 6) is 0.0981. The summed E-state index contributed by atoms with van der Waals surface area (Å²) in [6, 6.07) is 2.32. The lowest BCUT2D eigenvalue weighted by Gasteiger charge is -2.36. The minimum absolute atomic E-state index is 0.198. The first-order valence-corrected chi connectivity index (χ1v) is 10.7. The fourth-order valence-electron chi connectivity index (χ4n) is 4.77. The summed E-state index contributed by atoms with van der Waals surface area (Å²) in [4.78, 5) is 27.1. The van der Waals surface area contributed by atoms with Crippen molar-refractivity contribution in [2.24, 2.45) is 5.92 Å². The number of aliphatic hydroxyl groups excluding tert-OH is 1. The number of fused-ring (bicyclic) bond motifs is 1. The van der Waals surface area contributed by atoms with Crippen molar-refractivity contribution in [1.82, 2.24) is 25.3 Å². The van der Waals surface area contributed by atoms with Crippen LogP contribution in [0.3, 0.4) is 0 Å². The molecule has 1 atom stereocenters. The topological polar surface area (TPSA) is 99.5 Å². The number of carbonyl (C=O) groups excluding carboxylic acids is 2. The van der Waals surface area contributed by atoms with E-state index in [0.29, 0.717) is 18.2 Å². The van der Waals surface area contributed by atoms with Gasteiger partial charge in [0.05, 0.1) is 12.6 Å². The van der Waals surface area contributed by atoms with Gasteiger partial charge >= 0.3 is 0 Å². The van der Waals surface area contributed by atoms with Gasteiger partial charge in [-0.2, -0.15) is 5.10 Å². The van der Waals surface area contributed by atoms with Gasteiger partial charge in [-0.15, -0.1) is 0 Å². The van der Waals surface area contributed by atoms with E-state index < -0.39 is 6.10 Å². The minimum Gasteiger partial charge on any atom is -0.389 e. The molecule has 2 fully saturated rings. The normalized spacial score (nSPS) is 24.6. The number of aromatic nitrogens is 2. The van der Waals surface area contributed by atoms with Gasteiger partial charge in [0.1, 0.15) is 5.69 Å². The SMILES string of the molecule is O=C(NCCC1CCN(C2CCCC2)CC1)c1cc2n(n1)C[C@@H](O)CNC2=O. The van der Waals surface area contributed by atoms with Crippen LogP contribution in [0.25, 0.3) is 0 Å². The Bertz CT molecular complexity index is 705. The van der Waals surface area contributed by atoms with Gasteiger partial charge < -0.3 is 20.6 Å². The standard InChI is InChI=1S/C20H31N5O3/c26-16-12-22-20(28)18-11-17(23-25(18)13-16)19(27)21-8-5-14-6-9-24(10-7-14)15-3-1-2-4-15/h11,14-16,26H,1-10,12-13H2,(H,21,27)(H,22,28)/t16-/m0/s1. The first-order chi connectivity index (χ1) is 13.6. The zero-order valence-electron chi connectivity index (χ0n) is 16.4. The number of hydrogen-bond acceptors (Lipinski definition) is 5. The molecule has 0 radical (unpaired) electrons. The van der Waals surface area contributed by atoms with E-state index in [2.05, 4.69) is 20.6 Å². The number of amides is 2. The Hall–Kier alpha value is -1.93. The van der Waals surface area contributed by atoms with E-state index in [1.807, 2.05) is 0 Å². The number of aliphatic hydroxyl groups is 1. The smallest absolute Gasteiger partial charge is 0.271 e. The lowest BCUT2D eigenvalue weighted by Crippen LogP contribution is -2.40. The van der Waals surface area contributed by atoms with Crippen molar-refractivity contribution >= 4 is 11.8 Å². The average Bonchev–Trinajstić information content (AvgIpc) is 3.35. The maximum atomic E-state index is 12.4. The van der Waals surface area contributed by atoms with Gasteiger partial charge in [0.15, 0.2) is 5.69 Å². The van der Waals surface area contributed by atoms with E-state index in [1.54, 1.807) is 0 Å². The fourth-order valence-corrected chi connectivity index (χ4v) is 4.77. The molecule has 154 valence electrons. The average molecular weight is 390 g/mol. The molecule has 2 aliphatic heterocycles. The molecule has 1 aromatic heterocycles. The largest absolute Gasteiger partial charge is 0.389 e. The van der Waals surface area contributed by atoms with Gasteiger partial charge in [0.25, 0.3) is 11.8 Å². The summed E-state index contributed by atoms with van der Waals surface area (Å²) >= 11 is 0. The Morgan fingerprint density at radius 1 is 1.25 bits per heavy atom. The van der Waals surface area contributed by atoms with Gasteiger partial charge in [0.2, 0.25) is 0 Å². The summed E-state index contributed by atoms with van der Waals surface area (Å²) in [6.07, 6.45) is 8.21. The molecule has 3 heterocycles. The molecule has 0 spiro atoms. The molecular weight excluding hydrogens is 358 g/mol. The highest BCUT2D eigenvalue weighted by atomic mass is 16.3. The Labute approximate surface area is 165 Å². The monoisotopic (exact) mass is 389 g/mol. The van der Waals surface area contributed by atoms with Crippen LogP contribution >= 0.6 is 0 Å². The number of nitrogens with zero attached hydrogens (tertiary/aromatic N) is 3. The van der Waals surface area contributed by atoms with Crippen LogP contribution in [-0.2, 0) is 6.54 Å². The van der Waals surface area contributed by atoms with E-state index in [-0.39, 0.29) is 30.6 Å². The minimum atomic E-state index is -0.698. The molecule has 1 aliphatic carbocycles. The number of likely N-dealkylation sites (tertiary alicyclic amines) is 1. The number of nitrogens with one attached hydrogen (secondary N) is 2. The van der Waals surface area contributed by atoms with Crippen molar-refractivity contribution in [3.63, 3.8) is 0 Å². The number of rotatable bonds is 5. The van der Waals surface area contributed by atoms with E-state index in [9.17, 15) is 14.7 Å². The first-order valence-electron chi connectivity index (χ1n) is 10.7. The molecule has 1 saturated heterocycles. The van der Waals surface area contributed by atoms with Crippen molar-refractivity contribution in [3.05, 3.63) is 17.5 Å². The van der Waals surface area contributed by atoms with Crippen LogP contribution in [0.2, 0.25) is 0 Å². The van der Waals surface area contributed by atoms with E-state index in [4.69, 9.17) is 0 Å². The second kappa shape index (κ2) is 8.61. The van der Waals surface area contributed by atoms with E-state index >= 15 is 0 Å². The highest BCUT2D eigenvalue weighted by Gasteiger charge is 2.27. The van der Waals surface area contributed by atoms with Crippen LogP contribution < -0.4 is 10.6 Å². The third kappa shape index (κ3) is 4.38. The maximum absolute atomic E-state index is 12.4. The fraction of sp³-hybridized carbons (Fsp3) is 0.750. The Kier molecular flexibility index (Phi) is 5.96. The molecule has 3 aliphatic rings. The Morgan fingerprint density at radius 2 is 2.00 bits per heavy atom. The molecule has 1 aromatic rings. The van der Waals surface area contributed by atoms with Crippen molar-refractivity contribution < 1.29 is 14.7 Å². The second-order valence-electron chi connectivity index (χ2n) is 8.42. The lowest BCUT2D eigenvalue weighted by molar-refractivity contribution is 0.0930. The molecule has 2 amide bonds. The van der Waals surface area contributed by atoms with Crippen molar-refractivity contribution in [1.29, 1.82) is 0 Å². The Balaban J connectivity index is 1.23. The van der Waals surface area contributed by atoms with Gasteiger partial charge in [0, 0.05) is 25.2 Å². The molecule has 8 heteroatoms. The van der Waals surface area contributed by atoms with Gasteiger partial charge in [-0.05, 0) is 51.1 Å². The summed E-state index contributed by atoms with van der Waals surface area (Å²) < 4.78 is 1.42. The molecule has 3 N–H and O–H groups in total. The summed E-state index contributed by atoms with van der Waals surface area (Å²) in [6.45, 7) is 3.41. The van der Waals surface area contributed by atoms with Crippen LogP contribution in [0, 0.1) is 5.92 Å². The Morgan fingerprint density at radius 3 is 2.75 bits per heavy atom. The zero-order valence-corrected chi connectivity index (χ0v) is 16.4. The number of carbonyl (C=O) groups is 2. The summed E-state index contributed by atoms with van der Waals surface area (Å²) in [5.41, 5.74) is 0.552. The van der Waals surface area contributed by atoms with Crippen LogP contribution in [0.15, 0.2) is 6.07 Å². The van der Waals surface area contributed by atoms with Crippen LogP contribution in [0.4, 0.5) is 0 Å². The highest BCUT2D eigenvalue weighted by molar-refractivity contribution is 5.98. The molecular formula is C20H31N5O3. The molecule has 0 bridgehead atoms. The van der Waals surface area contributed by atoms with E-state index in [0.717, 1.165) is 12.5 Å². The molecule has 0 unspecified atom stereocenters. The van der Waals surface area contributed by atoms with Crippen molar-refractivity contribution in [2.45, 2.75) is 63.6 Å². The predicted molar refractivity (Wildman–Crippen MR) is 104 cm³/mol. The first kappa shape index (κ1) is 19.4. The molecule has 4 rings (SSSR count).